The Morgan fingerprint density at radius 2 is 2.09 bits per heavy atom. The summed E-state index contributed by atoms with van der Waals surface area (Å²) in [6, 6.07) is 7.35. The molecule has 6 heteroatoms. The van der Waals surface area contributed by atoms with E-state index >= 15 is 0 Å². The normalized spacial score (nSPS) is 17.2. The molecule has 120 valence electrons. The molecule has 0 radical (unpaired) electrons. The number of piperidine rings is 1. The van der Waals surface area contributed by atoms with E-state index in [1.54, 1.807) is 25.3 Å². The molecule has 2 heterocycles. The molecule has 1 saturated heterocycles. The number of H-pyrrole nitrogens is 1. The highest BCUT2D eigenvalue weighted by Gasteiger charge is 2.31. The predicted octanol–water partition coefficient (Wildman–Crippen LogP) is 3.06. The third-order valence-electron chi connectivity index (χ3n) is 4.69. The first-order valence-corrected chi connectivity index (χ1v) is 7.91. The van der Waals surface area contributed by atoms with E-state index < -0.39 is 0 Å². The van der Waals surface area contributed by atoms with Crippen molar-refractivity contribution in [2.45, 2.75) is 25.4 Å². The van der Waals surface area contributed by atoms with Gasteiger partial charge in [0.25, 0.3) is 5.56 Å². The lowest BCUT2D eigenvalue weighted by atomic mass is 9.92. The Labute approximate surface area is 139 Å². The topological polar surface area (TPSA) is 69.1 Å². The molecule has 1 aromatic heterocycles. The SMILES string of the molecule is COC1(C)CCN(c2c(C#N)c(=O)[nH]c3ccc(Cl)cc23)CC1. The third-order valence-corrected chi connectivity index (χ3v) is 4.93. The number of ether oxygens (including phenoxy) is 1. The summed E-state index contributed by atoms with van der Waals surface area (Å²) in [6.45, 7) is 3.54. The van der Waals surface area contributed by atoms with Crippen molar-refractivity contribution in [1.29, 1.82) is 5.26 Å². The van der Waals surface area contributed by atoms with E-state index in [9.17, 15) is 10.1 Å². The number of methoxy groups -OCH3 is 1. The fraction of sp³-hybridized carbons (Fsp3) is 0.412. The first-order chi connectivity index (χ1) is 11.0. The second-order valence-corrected chi connectivity index (χ2v) is 6.56. The molecule has 0 saturated carbocycles. The Balaban J connectivity index is 2.14. The highest BCUT2D eigenvalue weighted by Crippen LogP contribution is 2.34. The van der Waals surface area contributed by atoms with Crippen LogP contribution in [0.2, 0.25) is 5.02 Å². The molecule has 0 amide bonds. The molecular formula is C17H18ClN3O2. The van der Waals surface area contributed by atoms with Crippen molar-refractivity contribution in [3.8, 4) is 6.07 Å². The summed E-state index contributed by atoms with van der Waals surface area (Å²) in [5.74, 6) is 0. The zero-order valence-electron chi connectivity index (χ0n) is 13.1. The zero-order chi connectivity index (χ0) is 16.6. The molecule has 1 N–H and O–H groups in total. The molecule has 5 nitrogen and oxygen atoms in total. The largest absolute Gasteiger partial charge is 0.378 e. The average molecular weight is 332 g/mol. The lowest BCUT2D eigenvalue weighted by molar-refractivity contribution is -0.0132. The van der Waals surface area contributed by atoms with Gasteiger partial charge in [-0.1, -0.05) is 11.6 Å². The van der Waals surface area contributed by atoms with Crippen LogP contribution in [0.1, 0.15) is 25.3 Å². The van der Waals surface area contributed by atoms with Crippen LogP contribution in [0, 0.1) is 11.3 Å². The zero-order valence-corrected chi connectivity index (χ0v) is 13.9. The first-order valence-electron chi connectivity index (χ1n) is 7.53. The minimum atomic E-state index is -0.364. The molecule has 1 aliphatic rings. The maximum atomic E-state index is 12.2. The van der Waals surface area contributed by atoms with Gasteiger partial charge >= 0.3 is 0 Å². The van der Waals surface area contributed by atoms with Crippen molar-refractivity contribution in [3.05, 3.63) is 39.1 Å². The van der Waals surface area contributed by atoms with Crippen LogP contribution >= 0.6 is 11.6 Å². The number of nitrogens with one attached hydrogen (secondary N) is 1. The second-order valence-electron chi connectivity index (χ2n) is 6.12. The Morgan fingerprint density at radius 1 is 1.39 bits per heavy atom. The van der Waals surface area contributed by atoms with Crippen LogP contribution in [0.15, 0.2) is 23.0 Å². The number of aromatic amines is 1. The number of benzene rings is 1. The number of nitriles is 1. The van der Waals surface area contributed by atoms with Crippen LogP contribution in [0.5, 0.6) is 0 Å². The number of nitrogens with zero attached hydrogens (tertiary/aromatic N) is 2. The van der Waals surface area contributed by atoms with E-state index in [2.05, 4.69) is 16.8 Å². The Bertz CT molecular complexity index is 845. The van der Waals surface area contributed by atoms with Crippen molar-refractivity contribution in [3.63, 3.8) is 0 Å². The fourth-order valence-electron chi connectivity index (χ4n) is 3.09. The molecule has 1 aliphatic heterocycles. The number of hydrogen-bond acceptors (Lipinski definition) is 4. The second kappa shape index (κ2) is 5.88. The van der Waals surface area contributed by atoms with Gasteiger partial charge in [-0.25, -0.2) is 0 Å². The van der Waals surface area contributed by atoms with Gasteiger partial charge in [-0.3, -0.25) is 4.79 Å². The summed E-state index contributed by atoms with van der Waals surface area (Å²) in [5, 5.41) is 10.8. The summed E-state index contributed by atoms with van der Waals surface area (Å²) in [7, 11) is 1.72. The molecule has 1 fully saturated rings. The molecule has 23 heavy (non-hydrogen) atoms. The molecule has 0 atom stereocenters. The molecule has 0 unspecified atom stereocenters. The summed E-state index contributed by atoms with van der Waals surface area (Å²) < 4.78 is 5.57. The van der Waals surface area contributed by atoms with Gasteiger partial charge in [-0.2, -0.15) is 5.26 Å². The molecule has 3 rings (SSSR count). The van der Waals surface area contributed by atoms with Gasteiger partial charge in [-0.05, 0) is 38.0 Å². The van der Waals surface area contributed by atoms with Gasteiger partial charge in [0, 0.05) is 30.6 Å². The van der Waals surface area contributed by atoms with Crippen molar-refractivity contribution < 1.29 is 4.74 Å². The van der Waals surface area contributed by atoms with Gasteiger partial charge in [0.1, 0.15) is 11.6 Å². The molecule has 1 aromatic carbocycles. The molecule has 0 aliphatic carbocycles. The van der Waals surface area contributed by atoms with E-state index in [4.69, 9.17) is 16.3 Å². The van der Waals surface area contributed by atoms with Crippen LogP contribution in [-0.2, 0) is 4.74 Å². The van der Waals surface area contributed by atoms with Crippen LogP contribution < -0.4 is 10.5 Å². The number of fused-ring (bicyclic) bond motifs is 1. The van der Waals surface area contributed by atoms with E-state index in [1.807, 2.05) is 6.07 Å². The van der Waals surface area contributed by atoms with Crippen LogP contribution in [-0.4, -0.2) is 30.8 Å². The van der Waals surface area contributed by atoms with Gasteiger partial charge in [0.15, 0.2) is 0 Å². The Kier molecular flexibility index (Phi) is 4.05. The van der Waals surface area contributed by atoms with Crippen molar-refractivity contribution in [2.75, 3.05) is 25.1 Å². The Morgan fingerprint density at radius 3 is 2.70 bits per heavy atom. The number of aromatic nitrogens is 1. The van der Waals surface area contributed by atoms with Crippen molar-refractivity contribution >= 4 is 28.2 Å². The predicted molar refractivity (Wildman–Crippen MR) is 91.2 cm³/mol. The smallest absolute Gasteiger partial charge is 0.268 e. The molecular weight excluding hydrogens is 314 g/mol. The standard InChI is InChI=1S/C17H18ClN3O2/c1-17(23-2)5-7-21(8-6-17)15-12-9-11(18)3-4-14(12)20-16(22)13(15)10-19/h3-4,9H,5-8H2,1-2H3,(H,20,22). The monoisotopic (exact) mass is 331 g/mol. The minimum absolute atomic E-state index is 0.140. The van der Waals surface area contributed by atoms with Crippen LogP contribution in [0.25, 0.3) is 10.9 Å². The number of hydrogen-bond donors (Lipinski definition) is 1. The van der Waals surface area contributed by atoms with Gasteiger partial charge in [0.05, 0.1) is 16.8 Å². The average Bonchev–Trinajstić information content (AvgIpc) is 2.55. The van der Waals surface area contributed by atoms with E-state index in [1.165, 1.54) is 0 Å². The maximum Gasteiger partial charge on any atom is 0.268 e. The van der Waals surface area contributed by atoms with Gasteiger partial charge < -0.3 is 14.6 Å². The quantitative estimate of drug-likeness (QED) is 0.918. The summed E-state index contributed by atoms with van der Waals surface area (Å²) in [5.41, 5.74) is 0.983. The number of halogens is 1. The van der Waals surface area contributed by atoms with E-state index in [0.717, 1.165) is 31.3 Å². The lowest BCUT2D eigenvalue weighted by Gasteiger charge is -2.40. The molecule has 0 bridgehead atoms. The van der Waals surface area contributed by atoms with Crippen molar-refractivity contribution in [2.24, 2.45) is 0 Å². The summed E-state index contributed by atoms with van der Waals surface area (Å²) in [4.78, 5) is 17.1. The highest BCUT2D eigenvalue weighted by atomic mass is 35.5. The minimum Gasteiger partial charge on any atom is -0.378 e. The summed E-state index contributed by atoms with van der Waals surface area (Å²) >= 11 is 6.12. The van der Waals surface area contributed by atoms with Gasteiger partial charge in [-0.15, -0.1) is 0 Å². The van der Waals surface area contributed by atoms with Crippen molar-refractivity contribution in [1.82, 2.24) is 4.98 Å². The molecule has 0 spiro atoms. The molecule has 2 aromatic rings. The van der Waals surface area contributed by atoms with Gasteiger partial charge in [0.2, 0.25) is 0 Å². The van der Waals surface area contributed by atoms with Crippen LogP contribution in [0.4, 0.5) is 5.69 Å². The number of anilines is 1. The van der Waals surface area contributed by atoms with Crippen LogP contribution in [0.3, 0.4) is 0 Å². The lowest BCUT2D eigenvalue weighted by Crippen LogP contribution is -2.44. The first kappa shape index (κ1) is 15.9. The third kappa shape index (κ3) is 2.80. The van der Waals surface area contributed by atoms with E-state index in [0.29, 0.717) is 16.2 Å². The maximum absolute atomic E-state index is 12.2. The number of pyridine rings is 1. The Hall–Kier alpha value is -2.03. The van der Waals surface area contributed by atoms with E-state index in [-0.39, 0.29) is 16.7 Å². The number of rotatable bonds is 2. The fourth-order valence-corrected chi connectivity index (χ4v) is 3.26. The summed E-state index contributed by atoms with van der Waals surface area (Å²) in [6.07, 6.45) is 1.67. The highest BCUT2D eigenvalue weighted by molar-refractivity contribution is 6.31.